The van der Waals surface area contributed by atoms with Crippen molar-refractivity contribution in [2.75, 3.05) is 0 Å². The largest absolute Gasteiger partial charge is 0.198 e. The van der Waals surface area contributed by atoms with E-state index in [1.54, 1.807) is 0 Å². The maximum atomic E-state index is 9.11. The topological polar surface area (TPSA) is 23.8 Å². The molecule has 1 aliphatic carbocycles. The van der Waals surface area contributed by atoms with Gasteiger partial charge in [-0.1, -0.05) is 33.5 Å². The predicted octanol–water partition coefficient (Wildman–Crippen LogP) is 3.02. The molecular weight excluding hydrogens is 150 g/mol. The van der Waals surface area contributed by atoms with Gasteiger partial charge in [0.1, 0.15) is 0 Å². The van der Waals surface area contributed by atoms with Gasteiger partial charge in [-0.25, -0.2) is 0 Å². The molecule has 1 nitrogen and oxygen atoms in total. The van der Waals surface area contributed by atoms with Crippen LogP contribution >= 0.6 is 0 Å². The molecule has 62 valence electrons. The maximum Gasteiger partial charge on any atom is 0.0686 e. The van der Waals surface area contributed by atoms with Crippen molar-refractivity contribution < 1.29 is 0 Å². The summed E-state index contributed by atoms with van der Waals surface area (Å²) in [5, 5.41) is 9.18. The summed E-state index contributed by atoms with van der Waals surface area (Å²) in [7, 11) is -1.27. The summed E-state index contributed by atoms with van der Waals surface area (Å²) in [6.45, 7) is 11.3. The Hall–Kier alpha value is -0.293. The van der Waals surface area contributed by atoms with Gasteiger partial charge < -0.3 is 0 Å². The lowest BCUT2D eigenvalue weighted by molar-refractivity contribution is 0.613. The van der Waals surface area contributed by atoms with Crippen molar-refractivity contribution in [1.29, 1.82) is 5.26 Å². The van der Waals surface area contributed by atoms with Crippen molar-refractivity contribution in [1.82, 2.24) is 0 Å². The van der Waals surface area contributed by atoms with Gasteiger partial charge in [-0.2, -0.15) is 5.26 Å². The van der Waals surface area contributed by atoms with Crippen LogP contribution in [0.2, 0.25) is 24.7 Å². The molecule has 0 N–H and O–H groups in total. The Morgan fingerprint density at radius 2 is 1.64 bits per heavy atom. The molecule has 11 heavy (non-hydrogen) atoms. The summed E-state index contributed by atoms with van der Waals surface area (Å²) in [6, 6.07) is 2.54. The molecule has 0 aromatic carbocycles. The molecule has 1 unspecified atom stereocenters. The first kappa shape index (κ1) is 8.80. The van der Waals surface area contributed by atoms with Gasteiger partial charge in [0.05, 0.1) is 19.2 Å². The van der Waals surface area contributed by atoms with Crippen molar-refractivity contribution in [3.63, 3.8) is 0 Å². The van der Waals surface area contributed by atoms with Crippen LogP contribution in [0.5, 0.6) is 0 Å². The van der Waals surface area contributed by atoms with Crippen LogP contribution in [0.25, 0.3) is 0 Å². The second-order valence-electron chi connectivity index (χ2n) is 5.33. The van der Waals surface area contributed by atoms with E-state index >= 15 is 0 Å². The molecule has 2 heteroatoms. The van der Waals surface area contributed by atoms with E-state index in [-0.39, 0.29) is 5.04 Å². The maximum absolute atomic E-state index is 9.11. The Balaban J connectivity index is 2.96. The normalized spacial score (nSPS) is 34.5. The molecule has 0 aliphatic heterocycles. The third-order valence-corrected chi connectivity index (χ3v) is 6.73. The molecule has 0 bridgehead atoms. The second-order valence-corrected chi connectivity index (χ2v) is 10.7. The van der Waals surface area contributed by atoms with Crippen LogP contribution in [0, 0.1) is 16.7 Å². The van der Waals surface area contributed by atoms with Crippen LogP contribution in [0.1, 0.15) is 20.3 Å². The predicted molar refractivity (Wildman–Crippen MR) is 50.1 cm³/mol. The summed E-state index contributed by atoms with van der Waals surface area (Å²) in [5.41, 5.74) is 0.298. The number of hydrogen-bond acceptors (Lipinski definition) is 1. The van der Waals surface area contributed by atoms with Gasteiger partial charge in [-0.3, -0.25) is 0 Å². The molecule has 0 radical (unpaired) electrons. The molecule has 0 aromatic rings. The molecule has 1 rings (SSSR count). The molecule has 1 fully saturated rings. The van der Waals surface area contributed by atoms with Gasteiger partial charge in [-0.15, -0.1) is 0 Å². The van der Waals surface area contributed by atoms with Crippen molar-refractivity contribution in [3.05, 3.63) is 0 Å². The van der Waals surface area contributed by atoms with E-state index in [9.17, 15) is 0 Å². The summed E-state index contributed by atoms with van der Waals surface area (Å²) < 4.78 is 0. The van der Waals surface area contributed by atoms with E-state index in [1.807, 2.05) is 0 Å². The van der Waals surface area contributed by atoms with Crippen LogP contribution in [0.4, 0.5) is 0 Å². The molecule has 0 aromatic heterocycles. The first-order chi connectivity index (χ1) is 4.77. The fourth-order valence-corrected chi connectivity index (χ4v) is 5.60. The zero-order valence-corrected chi connectivity index (χ0v) is 9.15. The van der Waals surface area contributed by atoms with Crippen LogP contribution < -0.4 is 0 Å². The third kappa shape index (κ3) is 0.944. The molecule has 1 aliphatic rings. The van der Waals surface area contributed by atoms with E-state index in [0.717, 1.165) is 6.42 Å². The van der Waals surface area contributed by atoms with Gasteiger partial charge >= 0.3 is 0 Å². The highest BCUT2D eigenvalue weighted by atomic mass is 28.3. The van der Waals surface area contributed by atoms with Crippen molar-refractivity contribution in [2.24, 2.45) is 5.41 Å². The average molecular weight is 167 g/mol. The van der Waals surface area contributed by atoms with Crippen molar-refractivity contribution in [3.8, 4) is 6.07 Å². The molecule has 1 saturated carbocycles. The zero-order valence-electron chi connectivity index (χ0n) is 8.15. The fourth-order valence-electron chi connectivity index (χ4n) is 2.26. The van der Waals surface area contributed by atoms with E-state index in [4.69, 9.17) is 5.26 Å². The SMILES string of the molecule is CC1(C)CC1(C#N)[Si](C)(C)C. The molecule has 0 spiro atoms. The van der Waals surface area contributed by atoms with Gasteiger partial charge in [0.2, 0.25) is 0 Å². The Kier molecular flexibility index (Phi) is 1.52. The van der Waals surface area contributed by atoms with Crippen molar-refractivity contribution >= 4 is 8.07 Å². The van der Waals surface area contributed by atoms with Crippen LogP contribution in [0.15, 0.2) is 0 Å². The number of hydrogen-bond donors (Lipinski definition) is 0. The Morgan fingerprint density at radius 1 is 1.27 bits per heavy atom. The highest BCUT2D eigenvalue weighted by molar-refractivity contribution is 6.81. The average Bonchev–Trinajstić information content (AvgIpc) is 2.33. The summed E-state index contributed by atoms with van der Waals surface area (Å²) >= 11 is 0. The van der Waals surface area contributed by atoms with Gasteiger partial charge in [0.25, 0.3) is 0 Å². The Morgan fingerprint density at radius 3 is 1.64 bits per heavy atom. The Bertz CT molecular complexity index is 219. The first-order valence-corrected chi connectivity index (χ1v) is 7.68. The minimum absolute atomic E-state index is 0.0694. The standard InChI is InChI=1S/C9H17NSi/c1-8(2)6-9(8,7-10)11(3,4)5/h6H2,1-5H3. The van der Waals surface area contributed by atoms with Crippen LogP contribution in [0.3, 0.4) is 0 Å². The lowest BCUT2D eigenvalue weighted by atomic mass is 10.1. The van der Waals surface area contributed by atoms with Gasteiger partial charge in [-0.05, 0) is 11.8 Å². The minimum Gasteiger partial charge on any atom is -0.198 e. The van der Waals surface area contributed by atoms with Crippen molar-refractivity contribution in [2.45, 2.75) is 44.9 Å². The minimum atomic E-state index is -1.27. The third-order valence-electron chi connectivity index (χ3n) is 3.21. The monoisotopic (exact) mass is 167 g/mol. The lowest BCUT2D eigenvalue weighted by Crippen LogP contribution is -2.31. The molecular formula is C9H17NSi. The number of rotatable bonds is 1. The van der Waals surface area contributed by atoms with Crippen LogP contribution in [-0.2, 0) is 0 Å². The number of nitrogens with zero attached hydrogens (tertiary/aromatic N) is 1. The molecule has 0 amide bonds. The first-order valence-electron chi connectivity index (χ1n) is 4.18. The second kappa shape index (κ2) is 1.89. The number of nitriles is 1. The van der Waals surface area contributed by atoms with E-state index in [1.165, 1.54) is 0 Å². The Labute approximate surface area is 70.4 Å². The lowest BCUT2D eigenvalue weighted by Gasteiger charge is -2.25. The quantitative estimate of drug-likeness (QED) is 0.551. The highest BCUT2D eigenvalue weighted by Crippen LogP contribution is 2.73. The summed E-state index contributed by atoms with van der Waals surface area (Å²) in [6.07, 6.45) is 1.12. The van der Waals surface area contributed by atoms with E-state index < -0.39 is 8.07 Å². The van der Waals surface area contributed by atoms with Crippen LogP contribution in [-0.4, -0.2) is 8.07 Å². The molecule has 0 saturated heterocycles. The summed E-state index contributed by atoms with van der Waals surface area (Å²) in [4.78, 5) is 0. The fraction of sp³-hybridized carbons (Fsp3) is 0.889. The molecule has 0 heterocycles. The molecule has 1 atom stereocenters. The summed E-state index contributed by atoms with van der Waals surface area (Å²) in [5.74, 6) is 0. The van der Waals surface area contributed by atoms with E-state index in [0.29, 0.717) is 5.41 Å². The zero-order chi connectivity index (χ0) is 8.91. The van der Waals surface area contributed by atoms with Gasteiger partial charge in [0.15, 0.2) is 0 Å². The van der Waals surface area contributed by atoms with Gasteiger partial charge in [0, 0.05) is 0 Å². The van der Waals surface area contributed by atoms with E-state index in [2.05, 4.69) is 39.6 Å². The smallest absolute Gasteiger partial charge is 0.0686 e. The highest BCUT2D eigenvalue weighted by Gasteiger charge is 2.68.